The van der Waals surface area contributed by atoms with Crippen LogP contribution in [0.5, 0.6) is 0 Å². The summed E-state index contributed by atoms with van der Waals surface area (Å²) < 4.78 is 1.43. The molecule has 2 rings (SSSR count). The number of carboxylic acids is 1. The predicted molar refractivity (Wildman–Crippen MR) is 65.7 cm³/mol. The van der Waals surface area contributed by atoms with Crippen molar-refractivity contribution in [3.63, 3.8) is 0 Å². The summed E-state index contributed by atoms with van der Waals surface area (Å²) in [5.41, 5.74) is 0.524. The van der Waals surface area contributed by atoms with Crippen molar-refractivity contribution in [1.82, 2.24) is 4.57 Å². The molecule has 17 heavy (non-hydrogen) atoms. The van der Waals surface area contributed by atoms with Gasteiger partial charge in [-0.2, -0.15) is 11.3 Å². The van der Waals surface area contributed by atoms with E-state index < -0.39 is 11.5 Å². The molecule has 4 nitrogen and oxygen atoms in total. The number of pyridine rings is 1. The van der Waals surface area contributed by atoms with Gasteiger partial charge in [0, 0.05) is 12.7 Å². The van der Waals surface area contributed by atoms with Crippen molar-refractivity contribution in [2.45, 2.75) is 13.0 Å². The highest BCUT2D eigenvalue weighted by molar-refractivity contribution is 7.07. The molecule has 0 aliphatic rings. The van der Waals surface area contributed by atoms with Crippen LogP contribution >= 0.6 is 11.3 Å². The van der Waals surface area contributed by atoms with E-state index in [1.165, 1.54) is 10.6 Å². The number of carbonyl (C=O) groups is 1. The van der Waals surface area contributed by atoms with Crippen LogP contribution in [0.3, 0.4) is 0 Å². The fourth-order valence-corrected chi connectivity index (χ4v) is 2.26. The zero-order chi connectivity index (χ0) is 12.3. The number of hydrogen-bond acceptors (Lipinski definition) is 3. The Kier molecular flexibility index (Phi) is 3.39. The van der Waals surface area contributed by atoms with E-state index in [-0.39, 0.29) is 5.56 Å². The lowest BCUT2D eigenvalue weighted by molar-refractivity contribution is 0.0694. The van der Waals surface area contributed by atoms with E-state index in [9.17, 15) is 9.59 Å². The van der Waals surface area contributed by atoms with Gasteiger partial charge in [0.25, 0.3) is 5.56 Å². The highest BCUT2D eigenvalue weighted by atomic mass is 32.1. The third kappa shape index (κ3) is 2.62. The van der Waals surface area contributed by atoms with Crippen LogP contribution in [-0.2, 0) is 13.0 Å². The van der Waals surface area contributed by atoms with Gasteiger partial charge < -0.3 is 9.67 Å². The first-order chi connectivity index (χ1) is 8.18. The molecule has 2 aromatic heterocycles. The highest BCUT2D eigenvalue weighted by Gasteiger charge is 2.09. The largest absolute Gasteiger partial charge is 0.477 e. The summed E-state index contributed by atoms with van der Waals surface area (Å²) in [6.07, 6.45) is 2.34. The normalized spacial score (nSPS) is 10.4. The summed E-state index contributed by atoms with van der Waals surface area (Å²) in [6, 6.07) is 4.90. The number of hydrogen-bond donors (Lipinski definition) is 1. The lowest BCUT2D eigenvalue weighted by Gasteiger charge is -2.05. The third-order valence-corrected chi connectivity index (χ3v) is 3.20. The number of aromatic carboxylic acids is 1. The number of aromatic nitrogens is 1. The van der Waals surface area contributed by atoms with Crippen molar-refractivity contribution in [3.05, 3.63) is 56.6 Å². The van der Waals surface area contributed by atoms with Gasteiger partial charge in [-0.15, -0.1) is 0 Å². The second kappa shape index (κ2) is 4.97. The number of aryl methyl sites for hydroxylation is 2. The maximum absolute atomic E-state index is 11.8. The summed E-state index contributed by atoms with van der Waals surface area (Å²) >= 11 is 1.61. The van der Waals surface area contributed by atoms with Gasteiger partial charge in [0.2, 0.25) is 0 Å². The first-order valence-corrected chi connectivity index (χ1v) is 6.06. The van der Waals surface area contributed by atoms with Gasteiger partial charge in [0.05, 0.1) is 0 Å². The average molecular weight is 249 g/mol. The van der Waals surface area contributed by atoms with Crippen molar-refractivity contribution >= 4 is 17.3 Å². The van der Waals surface area contributed by atoms with E-state index in [1.807, 2.05) is 16.8 Å². The predicted octanol–water partition coefficient (Wildman–Crippen LogP) is 1.85. The van der Waals surface area contributed by atoms with Crippen LogP contribution in [0.2, 0.25) is 0 Å². The standard InChI is InChI=1S/C12H11NO3S/c14-11-10(12(15)16)2-1-5-13(11)6-3-9-4-7-17-8-9/h1-2,4-5,7-8H,3,6H2,(H,15,16). The number of carboxylic acid groups (broad SMARTS) is 1. The summed E-state index contributed by atoms with van der Waals surface area (Å²) in [5.74, 6) is -1.18. The zero-order valence-electron chi connectivity index (χ0n) is 9.00. The summed E-state index contributed by atoms with van der Waals surface area (Å²) in [5, 5.41) is 12.8. The fourth-order valence-electron chi connectivity index (χ4n) is 1.56. The van der Waals surface area contributed by atoms with E-state index in [0.717, 1.165) is 12.0 Å². The maximum atomic E-state index is 11.8. The molecule has 2 aromatic rings. The van der Waals surface area contributed by atoms with Crippen LogP contribution in [0, 0.1) is 0 Å². The molecule has 1 N–H and O–H groups in total. The van der Waals surface area contributed by atoms with Crippen molar-refractivity contribution in [3.8, 4) is 0 Å². The molecule has 0 aliphatic heterocycles. The second-order valence-corrected chi connectivity index (χ2v) is 4.39. The molecule has 0 atom stereocenters. The van der Waals surface area contributed by atoms with Crippen molar-refractivity contribution in [2.75, 3.05) is 0 Å². The Bertz CT molecular complexity index is 572. The molecule has 2 heterocycles. The molecule has 0 aliphatic carbocycles. The molecule has 0 spiro atoms. The summed E-state index contributed by atoms with van der Waals surface area (Å²) in [7, 11) is 0. The topological polar surface area (TPSA) is 59.3 Å². The summed E-state index contributed by atoms with van der Waals surface area (Å²) in [4.78, 5) is 22.5. The Morgan fingerprint density at radius 1 is 1.41 bits per heavy atom. The molecule has 0 unspecified atom stereocenters. The number of rotatable bonds is 4. The Balaban J connectivity index is 2.19. The fraction of sp³-hybridized carbons (Fsp3) is 0.167. The van der Waals surface area contributed by atoms with Gasteiger partial charge in [0.1, 0.15) is 5.56 Å². The van der Waals surface area contributed by atoms with E-state index in [4.69, 9.17) is 5.11 Å². The minimum atomic E-state index is -1.18. The number of thiophene rings is 1. The highest BCUT2D eigenvalue weighted by Crippen LogP contribution is 2.07. The average Bonchev–Trinajstić information content (AvgIpc) is 2.80. The van der Waals surface area contributed by atoms with Crippen molar-refractivity contribution in [2.24, 2.45) is 0 Å². The molecule has 0 bridgehead atoms. The van der Waals surface area contributed by atoms with Crippen LogP contribution in [0.4, 0.5) is 0 Å². The smallest absolute Gasteiger partial charge is 0.341 e. The van der Waals surface area contributed by atoms with Crippen LogP contribution < -0.4 is 5.56 Å². The van der Waals surface area contributed by atoms with Crippen LogP contribution in [0.1, 0.15) is 15.9 Å². The lowest BCUT2D eigenvalue weighted by Crippen LogP contribution is -2.26. The first-order valence-electron chi connectivity index (χ1n) is 5.12. The lowest BCUT2D eigenvalue weighted by atomic mass is 10.2. The van der Waals surface area contributed by atoms with Crippen LogP contribution in [0.25, 0.3) is 0 Å². The van der Waals surface area contributed by atoms with Gasteiger partial charge in [0.15, 0.2) is 0 Å². The Morgan fingerprint density at radius 3 is 2.88 bits per heavy atom. The van der Waals surface area contributed by atoms with E-state index in [1.54, 1.807) is 23.6 Å². The number of nitrogens with zero attached hydrogens (tertiary/aromatic N) is 1. The molecule has 0 saturated carbocycles. The maximum Gasteiger partial charge on any atom is 0.341 e. The Hall–Kier alpha value is -1.88. The van der Waals surface area contributed by atoms with E-state index in [0.29, 0.717) is 6.54 Å². The molecule has 0 radical (unpaired) electrons. The third-order valence-electron chi connectivity index (χ3n) is 2.47. The molecule has 5 heteroatoms. The minimum absolute atomic E-state index is 0.183. The minimum Gasteiger partial charge on any atom is -0.477 e. The van der Waals surface area contributed by atoms with Crippen LogP contribution in [0.15, 0.2) is 40.0 Å². The Morgan fingerprint density at radius 2 is 2.24 bits per heavy atom. The van der Waals surface area contributed by atoms with Gasteiger partial charge in [-0.25, -0.2) is 4.79 Å². The molecule has 0 aromatic carbocycles. The van der Waals surface area contributed by atoms with Crippen LogP contribution in [-0.4, -0.2) is 15.6 Å². The monoisotopic (exact) mass is 249 g/mol. The quantitative estimate of drug-likeness (QED) is 0.899. The second-order valence-electron chi connectivity index (χ2n) is 3.61. The van der Waals surface area contributed by atoms with E-state index in [2.05, 4.69) is 0 Å². The van der Waals surface area contributed by atoms with Gasteiger partial charge >= 0.3 is 5.97 Å². The van der Waals surface area contributed by atoms with Gasteiger partial charge in [-0.05, 0) is 40.9 Å². The molecular formula is C12H11NO3S. The molecule has 0 fully saturated rings. The van der Waals surface area contributed by atoms with E-state index >= 15 is 0 Å². The SMILES string of the molecule is O=C(O)c1cccn(CCc2ccsc2)c1=O. The molecule has 0 amide bonds. The van der Waals surface area contributed by atoms with Crippen molar-refractivity contribution in [1.29, 1.82) is 0 Å². The van der Waals surface area contributed by atoms with Gasteiger partial charge in [-0.3, -0.25) is 4.79 Å². The Labute approximate surface area is 102 Å². The molecule has 88 valence electrons. The molecule has 0 saturated heterocycles. The first kappa shape index (κ1) is 11.6. The van der Waals surface area contributed by atoms with Gasteiger partial charge in [-0.1, -0.05) is 0 Å². The summed E-state index contributed by atoms with van der Waals surface area (Å²) in [6.45, 7) is 0.497. The molecular weight excluding hydrogens is 238 g/mol. The zero-order valence-corrected chi connectivity index (χ0v) is 9.81. The van der Waals surface area contributed by atoms with Crippen molar-refractivity contribution < 1.29 is 9.90 Å².